The highest BCUT2D eigenvalue weighted by Crippen LogP contribution is 2.41. The molecule has 0 radical (unpaired) electrons. The van der Waals surface area contributed by atoms with Gasteiger partial charge in [0.25, 0.3) is 0 Å². The summed E-state index contributed by atoms with van der Waals surface area (Å²) in [5.41, 5.74) is 1.13. The molecule has 1 aromatic rings. The molecule has 0 atom stereocenters. The van der Waals surface area contributed by atoms with Crippen LogP contribution in [0.3, 0.4) is 0 Å². The Hall–Kier alpha value is -0.740. The van der Waals surface area contributed by atoms with Crippen LogP contribution in [0.2, 0.25) is 0 Å². The predicted molar refractivity (Wildman–Crippen MR) is 61.0 cm³/mol. The molecule has 15 heavy (non-hydrogen) atoms. The fourth-order valence-electron chi connectivity index (χ4n) is 1.51. The molecule has 1 aliphatic rings. The molecular weight excluding hydrogens is 260 g/mol. The number of hydrogen-bond donors (Lipinski definition) is 0. The standard InChI is InChI=1S/C11H13BrO3/c1-13-9-3-8(4-10(5-9)14-2)11(12)6-15-7-11/h3-5H,6-7H2,1-2H3. The smallest absolute Gasteiger partial charge is 0.122 e. The van der Waals surface area contributed by atoms with Crippen molar-refractivity contribution in [2.24, 2.45) is 0 Å². The van der Waals surface area contributed by atoms with Gasteiger partial charge in [-0.25, -0.2) is 0 Å². The molecule has 0 unspecified atom stereocenters. The van der Waals surface area contributed by atoms with Gasteiger partial charge in [0, 0.05) is 6.07 Å². The lowest BCUT2D eigenvalue weighted by Crippen LogP contribution is -2.40. The first-order valence-electron chi connectivity index (χ1n) is 4.68. The zero-order chi connectivity index (χ0) is 10.9. The van der Waals surface area contributed by atoms with E-state index in [1.54, 1.807) is 14.2 Å². The van der Waals surface area contributed by atoms with Crippen molar-refractivity contribution in [3.8, 4) is 11.5 Å². The van der Waals surface area contributed by atoms with Crippen LogP contribution in [0.15, 0.2) is 18.2 Å². The van der Waals surface area contributed by atoms with Crippen molar-refractivity contribution in [2.75, 3.05) is 27.4 Å². The van der Waals surface area contributed by atoms with Crippen molar-refractivity contribution < 1.29 is 14.2 Å². The van der Waals surface area contributed by atoms with Crippen LogP contribution in [0, 0.1) is 0 Å². The molecular formula is C11H13BrO3. The molecule has 1 heterocycles. The number of hydrogen-bond acceptors (Lipinski definition) is 3. The lowest BCUT2D eigenvalue weighted by molar-refractivity contribution is -0.00711. The molecule has 0 N–H and O–H groups in total. The number of rotatable bonds is 3. The van der Waals surface area contributed by atoms with Crippen LogP contribution in [0.5, 0.6) is 11.5 Å². The quantitative estimate of drug-likeness (QED) is 0.791. The number of methoxy groups -OCH3 is 2. The molecule has 3 nitrogen and oxygen atoms in total. The molecule has 0 bridgehead atoms. The molecule has 4 heteroatoms. The van der Waals surface area contributed by atoms with Gasteiger partial charge in [-0.1, -0.05) is 15.9 Å². The molecule has 1 aliphatic heterocycles. The molecule has 0 aliphatic carbocycles. The minimum Gasteiger partial charge on any atom is -0.497 e. The van der Waals surface area contributed by atoms with Crippen LogP contribution in [0.25, 0.3) is 0 Å². The summed E-state index contributed by atoms with van der Waals surface area (Å²) in [6.07, 6.45) is 0. The Balaban J connectivity index is 2.37. The minimum atomic E-state index is -0.0746. The highest BCUT2D eigenvalue weighted by atomic mass is 79.9. The van der Waals surface area contributed by atoms with Crippen LogP contribution >= 0.6 is 15.9 Å². The topological polar surface area (TPSA) is 27.7 Å². The first-order chi connectivity index (χ1) is 7.18. The third-order valence-corrected chi connectivity index (χ3v) is 3.45. The Bertz CT molecular complexity index is 339. The fourth-order valence-corrected chi connectivity index (χ4v) is 2.07. The zero-order valence-electron chi connectivity index (χ0n) is 8.75. The summed E-state index contributed by atoms with van der Waals surface area (Å²) in [4.78, 5) is 0. The number of alkyl halides is 1. The van der Waals surface area contributed by atoms with Crippen LogP contribution < -0.4 is 9.47 Å². The monoisotopic (exact) mass is 272 g/mol. The van der Waals surface area contributed by atoms with Crippen LogP contribution in [-0.2, 0) is 9.06 Å². The Morgan fingerprint density at radius 2 is 1.67 bits per heavy atom. The first kappa shape index (κ1) is 10.8. The van der Waals surface area contributed by atoms with E-state index in [-0.39, 0.29) is 4.32 Å². The average Bonchev–Trinajstić information content (AvgIpc) is 2.25. The molecule has 0 aromatic heterocycles. The van der Waals surface area contributed by atoms with Gasteiger partial charge in [0.1, 0.15) is 11.5 Å². The maximum absolute atomic E-state index is 5.22. The number of ether oxygens (including phenoxy) is 3. The van der Waals surface area contributed by atoms with E-state index in [0.29, 0.717) is 13.2 Å². The predicted octanol–water partition coefficient (Wildman–Crippen LogP) is 2.32. The van der Waals surface area contributed by atoms with Gasteiger partial charge >= 0.3 is 0 Å². The van der Waals surface area contributed by atoms with E-state index < -0.39 is 0 Å². The van der Waals surface area contributed by atoms with Gasteiger partial charge < -0.3 is 14.2 Å². The largest absolute Gasteiger partial charge is 0.497 e. The van der Waals surface area contributed by atoms with E-state index in [4.69, 9.17) is 14.2 Å². The van der Waals surface area contributed by atoms with E-state index in [1.807, 2.05) is 18.2 Å². The second-order valence-electron chi connectivity index (χ2n) is 3.56. The maximum Gasteiger partial charge on any atom is 0.122 e. The summed E-state index contributed by atoms with van der Waals surface area (Å²) in [5, 5.41) is 0. The zero-order valence-corrected chi connectivity index (χ0v) is 10.3. The van der Waals surface area contributed by atoms with Gasteiger partial charge in [0.05, 0.1) is 31.8 Å². The van der Waals surface area contributed by atoms with Crippen molar-refractivity contribution in [2.45, 2.75) is 4.32 Å². The molecule has 1 saturated heterocycles. The van der Waals surface area contributed by atoms with Gasteiger partial charge in [-0.05, 0) is 17.7 Å². The van der Waals surface area contributed by atoms with Crippen molar-refractivity contribution in [3.05, 3.63) is 23.8 Å². The Kier molecular flexibility index (Phi) is 2.89. The molecule has 0 saturated carbocycles. The Labute approximate surface area is 97.5 Å². The summed E-state index contributed by atoms with van der Waals surface area (Å²) in [7, 11) is 3.30. The molecule has 82 valence electrons. The summed E-state index contributed by atoms with van der Waals surface area (Å²) < 4.78 is 15.6. The molecule has 0 spiro atoms. The van der Waals surface area contributed by atoms with Crippen LogP contribution in [0.4, 0.5) is 0 Å². The normalized spacial score (nSPS) is 18.1. The Morgan fingerprint density at radius 3 is 2.00 bits per heavy atom. The van der Waals surface area contributed by atoms with Crippen LogP contribution in [0.1, 0.15) is 5.56 Å². The third kappa shape index (κ3) is 1.96. The molecule has 2 rings (SSSR count). The van der Waals surface area contributed by atoms with Gasteiger partial charge in [0.15, 0.2) is 0 Å². The van der Waals surface area contributed by atoms with Crippen molar-refractivity contribution in [3.63, 3.8) is 0 Å². The molecule has 1 fully saturated rings. The number of benzene rings is 1. The number of halogens is 1. The van der Waals surface area contributed by atoms with Gasteiger partial charge in [-0.3, -0.25) is 0 Å². The van der Waals surface area contributed by atoms with E-state index in [9.17, 15) is 0 Å². The molecule has 1 aromatic carbocycles. The second kappa shape index (κ2) is 4.02. The summed E-state index contributed by atoms with van der Waals surface area (Å²) in [5.74, 6) is 1.60. The van der Waals surface area contributed by atoms with Crippen LogP contribution in [-0.4, -0.2) is 27.4 Å². The Morgan fingerprint density at radius 1 is 1.13 bits per heavy atom. The fraction of sp³-hybridized carbons (Fsp3) is 0.455. The van der Waals surface area contributed by atoms with Gasteiger partial charge in [0.2, 0.25) is 0 Å². The summed E-state index contributed by atoms with van der Waals surface area (Å²) >= 11 is 3.67. The SMILES string of the molecule is COc1cc(OC)cc(C2(Br)COC2)c1. The van der Waals surface area contributed by atoms with Crippen molar-refractivity contribution in [1.82, 2.24) is 0 Å². The minimum absolute atomic E-state index is 0.0746. The second-order valence-corrected chi connectivity index (χ2v) is 5.08. The lowest BCUT2D eigenvalue weighted by Gasteiger charge is -2.36. The van der Waals surface area contributed by atoms with E-state index in [2.05, 4.69) is 15.9 Å². The van der Waals surface area contributed by atoms with Gasteiger partial charge in [-0.15, -0.1) is 0 Å². The van der Waals surface area contributed by atoms with E-state index >= 15 is 0 Å². The lowest BCUT2D eigenvalue weighted by atomic mass is 9.97. The van der Waals surface area contributed by atoms with Crippen molar-refractivity contribution >= 4 is 15.9 Å². The summed E-state index contributed by atoms with van der Waals surface area (Å²) in [6.45, 7) is 1.37. The van der Waals surface area contributed by atoms with E-state index in [1.165, 1.54) is 0 Å². The van der Waals surface area contributed by atoms with E-state index in [0.717, 1.165) is 17.1 Å². The van der Waals surface area contributed by atoms with Gasteiger partial charge in [-0.2, -0.15) is 0 Å². The highest BCUT2D eigenvalue weighted by molar-refractivity contribution is 9.09. The first-order valence-corrected chi connectivity index (χ1v) is 5.47. The summed E-state index contributed by atoms with van der Waals surface area (Å²) in [6, 6.07) is 5.86. The highest BCUT2D eigenvalue weighted by Gasteiger charge is 2.38. The third-order valence-electron chi connectivity index (χ3n) is 2.53. The van der Waals surface area contributed by atoms with Crippen molar-refractivity contribution in [1.29, 1.82) is 0 Å². The maximum atomic E-state index is 5.22. The molecule has 0 amide bonds. The average molecular weight is 273 g/mol.